The summed E-state index contributed by atoms with van der Waals surface area (Å²) in [5.74, 6) is 5.11. The van der Waals surface area contributed by atoms with Gasteiger partial charge < -0.3 is 4.74 Å². The zero-order valence-electron chi connectivity index (χ0n) is 8.20. The Bertz CT molecular complexity index is 300. The summed E-state index contributed by atoms with van der Waals surface area (Å²) in [6.45, 7) is 4.59. The fraction of sp³-hybridized carbons (Fsp3) is 0.400. The second-order valence-corrected chi connectivity index (χ2v) is 2.55. The standard InChI is InChI=1S/C10H11F3O/c1-4-5-8(2)6-7-9(3)14-10(11,12)13/h6-7H,1-3H3. The third kappa shape index (κ3) is 7.29. The quantitative estimate of drug-likeness (QED) is 0.380. The van der Waals surface area contributed by atoms with E-state index < -0.39 is 6.36 Å². The van der Waals surface area contributed by atoms with Gasteiger partial charge in [-0.05, 0) is 38.5 Å². The van der Waals surface area contributed by atoms with Crippen molar-refractivity contribution in [3.63, 3.8) is 0 Å². The maximum Gasteiger partial charge on any atom is 0.572 e. The van der Waals surface area contributed by atoms with E-state index in [9.17, 15) is 13.2 Å². The lowest BCUT2D eigenvalue weighted by Crippen LogP contribution is -2.11. The van der Waals surface area contributed by atoms with Crippen molar-refractivity contribution in [2.24, 2.45) is 0 Å². The molecule has 1 nitrogen and oxygen atoms in total. The van der Waals surface area contributed by atoms with Crippen molar-refractivity contribution < 1.29 is 17.9 Å². The molecular formula is C10H11F3O. The minimum absolute atomic E-state index is 0.213. The van der Waals surface area contributed by atoms with E-state index in [1.165, 1.54) is 19.1 Å². The van der Waals surface area contributed by atoms with E-state index in [0.29, 0.717) is 5.57 Å². The van der Waals surface area contributed by atoms with Gasteiger partial charge in [-0.25, -0.2) is 0 Å². The molecule has 0 saturated carbocycles. The molecule has 0 heterocycles. The lowest BCUT2D eigenvalue weighted by atomic mass is 10.3. The van der Waals surface area contributed by atoms with Crippen LogP contribution < -0.4 is 0 Å². The van der Waals surface area contributed by atoms with Crippen molar-refractivity contribution in [1.29, 1.82) is 0 Å². The molecule has 0 rings (SSSR count). The van der Waals surface area contributed by atoms with Gasteiger partial charge in [-0.3, -0.25) is 0 Å². The molecule has 0 unspecified atom stereocenters. The summed E-state index contributed by atoms with van der Waals surface area (Å²) in [6.07, 6.45) is -1.93. The van der Waals surface area contributed by atoms with Gasteiger partial charge in [0.2, 0.25) is 0 Å². The van der Waals surface area contributed by atoms with Gasteiger partial charge in [-0.2, -0.15) is 0 Å². The first-order chi connectivity index (χ1) is 6.35. The van der Waals surface area contributed by atoms with Crippen molar-refractivity contribution in [3.8, 4) is 11.8 Å². The van der Waals surface area contributed by atoms with Crippen LogP contribution in [0.5, 0.6) is 0 Å². The van der Waals surface area contributed by atoms with Crippen LogP contribution in [0.25, 0.3) is 0 Å². The van der Waals surface area contributed by atoms with Crippen LogP contribution in [0.2, 0.25) is 0 Å². The highest BCUT2D eigenvalue weighted by atomic mass is 19.4. The van der Waals surface area contributed by atoms with Gasteiger partial charge in [0.1, 0.15) is 5.76 Å². The summed E-state index contributed by atoms with van der Waals surface area (Å²) in [6, 6.07) is 0. The zero-order valence-corrected chi connectivity index (χ0v) is 8.20. The first-order valence-electron chi connectivity index (χ1n) is 3.89. The van der Waals surface area contributed by atoms with E-state index in [2.05, 4.69) is 16.6 Å². The van der Waals surface area contributed by atoms with Gasteiger partial charge in [-0.15, -0.1) is 19.1 Å². The maximum absolute atomic E-state index is 11.7. The second-order valence-electron chi connectivity index (χ2n) is 2.55. The molecule has 0 fully saturated rings. The minimum Gasteiger partial charge on any atom is -0.411 e. The first-order valence-corrected chi connectivity index (χ1v) is 3.89. The van der Waals surface area contributed by atoms with Gasteiger partial charge in [0.15, 0.2) is 0 Å². The Kier molecular flexibility index (Phi) is 4.85. The summed E-state index contributed by atoms with van der Waals surface area (Å²) >= 11 is 0. The van der Waals surface area contributed by atoms with E-state index in [1.807, 2.05) is 0 Å². The Labute approximate surface area is 81.3 Å². The molecule has 0 aliphatic carbocycles. The van der Waals surface area contributed by atoms with Gasteiger partial charge in [0.25, 0.3) is 0 Å². The number of ether oxygens (including phenoxy) is 1. The molecule has 0 aliphatic rings. The minimum atomic E-state index is -4.63. The third-order valence-corrected chi connectivity index (χ3v) is 1.17. The maximum atomic E-state index is 11.7. The summed E-state index contributed by atoms with van der Waals surface area (Å²) in [7, 11) is 0. The average molecular weight is 204 g/mol. The van der Waals surface area contributed by atoms with E-state index in [-0.39, 0.29) is 5.76 Å². The first kappa shape index (κ1) is 12.6. The van der Waals surface area contributed by atoms with Gasteiger partial charge >= 0.3 is 6.36 Å². The molecule has 0 saturated heterocycles. The highest BCUT2D eigenvalue weighted by Crippen LogP contribution is 2.20. The number of rotatable bonds is 2. The van der Waals surface area contributed by atoms with Crippen molar-refractivity contribution in [2.45, 2.75) is 27.1 Å². The van der Waals surface area contributed by atoms with Gasteiger partial charge in [-0.1, -0.05) is 5.92 Å². The number of allylic oxidation sites excluding steroid dienone is 4. The smallest absolute Gasteiger partial charge is 0.411 e. The molecule has 14 heavy (non-hydrogen) atoms. The molecule has 0 bridgehead atoms. The molecule has 0 radical (unpaired) electrons. The fourth-order valence-corrected chi connectivity index (χ4v) is 0.698. The Hall–Kier alpha value is -1.37. The molecule has 4 heteroatoms. The van der Waals surface area contributed by atoms with E-state index in [4.69, 9.17) is 0 Å². The Morgan fingerprint density at radius 2 is 1.79 bits per heavy atom. The van der Waals surface area contributed by atoms with E-state index in [0.717, 1.165) is 0 Å². The van der Waals surface area contributed by atoms with E-state index >= 15 is 0 Å². The summed E-state index contributed by atoms with van der Waals surface area (Å²) < 4.78 is 38.6. The van der Waals surface area contributed by atoms with Crippen LogP contribution in [-0.4, -0.2) is 6.36 Å². The predicted octanol–water partition coefficient (Wildman–Crippen LogP) is 3.40. The van der Waals surface area contributed by atoms with Crippen LogP contribution in [0.1, 0.15) is 20.8 Å². The Morgan fingerprint density at radius 3 is 2.21 bits per heavy atom. The summed E-state index contributed by atoms with van der Waals surface area (Å²) in [5, 5.41) is 0. The molecule has 0 amide bonds. The van der Waals surface area contributed by atoms with Crippen LogP contribution in [0.4, 0.5) is 13.2 Å². The highest BCUT2D eigenvalue weighted by molar-refractivity contribution is 5.29. The van der Waals surface area contributed by atoms with Crippen molar-refractivity contribution in [2.75, 3.05) is 0 Å². The molecule has 0 N–H and O–H groups in total. The molecular weight excluding hydrogens is 193 g/mol. The molecule has 0 atom stereocenters. The average Bonchev–Trinajstić information content (AvgIpc) is 1.98. The van der Waals surface area contributed by atoms with Crippen molar-refractivity contribution >= 4 is 0 Å². The van der Waals surface area contributed by atoms with Crippen LogP contribution in [-0.2, 0) is 4.74 Å². The molecule has 78 valence electrons. The molecule has 0 aromatic rings. The van der Waals surface area contributed by atoms with Crippen LogP contribution >= 0.6 is 0 Å². The topological polar surface area (TPSA) is 9.23 Å². The largest absolute Gasteiger partial charge is 0.572 e. The van der Waals surface area contributed by atoms with Gasteiger partial charge in [0, 0.05) is 0 Å². The number of hydrogen-bond acceptors (Lipinski definition) is 1. The molecule has 0 aromatic carbocycles. The highest BCUT2D eigenvalue weighted by Gasteiger charge is 2.30. The molecule has 0 spiro atoms. The van der Waals surface area contributed by atoms with Crippen LogP contribution in [0, 0.1) is 11.8 Å². The molecule has 0 aromatic heterocycles. The van der Waals surface area contributed by atoms with Gasteiger partial charge in [0.05, 0.1) is 0 Å². The molecule has 0 aliphatic heterocycles. The summed E-state index contributed by atoms with van der Waals surface area (Å²) in [5.41, 5.74) is 0.678. The fourth-order valence-electron chi connectivity index (χ4n) is 0.698. The van der Waals surface area contributed by atoms with Crippen molar-refractivity contribution in [3.05, 3.63) is 23.5 Å². The summed E-state index contributed by atoms with van der Waals surface area (Å²) in [4.78, 5) is 0. The Morgan fingerprint density at radius 1 is 1.21 bits per heavy atom. The number of halogens is 3. The lowest BCUT2D eigenvalue weighted by molar-refractivity contribution is -0.305. The third-order valence-electron chi connectivity index (χ3n) is 1.17. The van der Waals surface area contributed by atoms with E-state index in [1.54, 1.807) is 13.8 Å². The monoisotopic (exact) mass is 204 g/mol. The number of hydrogen-bond donors (Lipinski definition) is 0. The second kappa shape index (κ2) is 5.38. The Balaban J connectivity index is 4.37. The van der Waals surface area contributed by atoms with Crippen LogP contribution in [0.15, 0.2) is 23.5 Å². The zero-order chi connectivity index (χ0) is 11.2. The van der Waals surface area contributed by atoms with Crippen LogP contribution in [0.3, 0.4) is 0 Å². The van der Waals surface area contributed by atoms with Crippen molar-refractivity contribution in [1.82, 2.24) is 0 Å². The number of alkyl halides is 3. The predicted molar refractivity (Wildman–Crippen MR) is 48.1 cm³/mol. The SMILES string of the molecule is CC#CC(C)=CC=C(C)OC(F)(F)F. The normalized spacial score (nSPS) is 13.3. The lowest BCUT2D eigenvalue weighted by Gasteiger charge is -2.07.